The van der Waals surface area contributed by atoms with Crippen molar-refractivity contribution in [2.75, 3.05) is 6.54 Å². The van der Waals surface area contributed by atoms with Gasteiger partial charge in [-0.2, -0.15) is 0 Å². The maximum absolute atomic E-state index is 6.13. The third kappa shape index (κ3) is 4.98. The molecule has 0 aliphatic heterocycles. The summed E-state index contributed by atoms with van der Waals surface area (Å²) in [4.78, 5) is 0. The lowest BCUT2D eigenvalue weighted by Gasteiger charge is -2.29. The normalized spacial score (nSPS) is 21.6. The van der Waals surface area contributed by atoms with Crippen LogP contribution in [0, 0.1) is 5.41 Å². The second-order valence-electron chi connectivity index (χ2n) is 6.05. The quantitative estimate of drug-likeness (QED) is 0.752. The second kappa shape index (κ2) is 5.86. The van der Waals surface area contributed by atoms with Crippen LogP contribution in [0.4, 0.5) is 0 Å². The van der Waals surface area contributed by atoms with Crippen molar-refractivity contribution in [2.45, 2.75) is 71.4 Å². The van der Waals surface area contributed by atoms with Gasteiger partial charge in [0.1, 0.15) is 0 Å². The smallest absolute Gasteiger partial charge is 0.00997 e. The van der Waals surface area contributed by atoms with Crippen molar-refractivity contribution in [1.29, 1.82) is 0 Å². The van der Waals surface area contributed by atoms with Crippen LogP contribution >= 0.6 is 0 Å². The van der Waals surface area contributed by atoms with Gasteiger partial charge in [-0.1, -0.05) is 40.0 Å². The zero-order chi connectivity index (χ0) is 11.3. The standard InChI is InChI=1S/C13H28N2/c1-13(2,3)12(14)9-10-15-11-7-5-4-6-8-11/h11-12,15H,4-10,14H2,1-3H3. The summed E-state index contributed by atoms with van der Waals surface area (Å²) in [7, 11) is 0. The molecule has 15 heavy (non-hydrogen) atoms. The molecule has 0 aromatic carbocycles. The first-order chi connectivity index (χ1) is 7.00. The van der Waals surface area contributed by atoms with Gasteiger partial charge in [0, 0.05) is 12.1 Å². The predicted molar refractivity (Wildman–Crippen MR) is 66.9 cm³/mol. The van der Waals surface area contributed by atoms with Gasteiger partial charge in [-0.15, -0.1) is 0 Å². The van der Waals surface area contributed by atoms with Gasteiger partial charge in [-0.3, -0.25) is 0 Å². The SMILES string of the molecule is CC(C)(C)C(N)CCNC1CCCCC1. The van der Waals surface area contributed by atoms with Crippen LogP contribution in [0.25, 0.3) is 0 Å². The van der Waals surface area contributed by atoms with Gasteiger partial charge in [0.05, 0.1) is 0 Å². The Morgan fingerprint density at radius 1 is 1.20 bits per heavy atom. The van der Waals surface area contributed by atoms with Crippen molar-refractivity contribution in [2.24, 2.45) is 11.1 Å². The molecule has 1 aliphatic carbocycles. The topological polar surface area (TPSA) is 38.0 Å². The second-order valence-corrected chi connectivity index (χ2v) is 6.05. The number of hydrogen-bond acceptors (Lipinski definition) is 2. The van der Waals surface area contributed by atoms with Gasteiger partial charge in [0.15, 0.2) is 0 Å². The summed E-state index contributed by atoms with van der Waals surface area (Å²) >= 11 is 0. The summed E-state index contributed by atoms with van der Waals surface area (Å²) < 4.78 is 0. The molecule has 2 nitrogen and oxygen atoms in total. The zero-order valence-electron chi connectivity index (χ0n) is 10.7. The Kier molecular flexibility index (Phi) is 5.07. The maximum Gasteiger partial charge on any atom is 0.00997 e. The third-order valence-corrected chi connectivity index (χ3v) is 3.61. The van der Waals surface area contributed by atoms with E-state index in [1.54, 1.807) is 0 Å². The molecule has 0 heterocycles. The third-order valence-electron chi connectivity index (χ3n) is 3.61. The molecule has 1 aliphatic rings. The molecule has 0 aromatic rings. The average molecular weight is 212 g/mol. The Morgan fingerprint density at radius 3 is 2.33 bits per heavy atom. The number of hydrogen-bond donors (Lipinski definition) is 2. The van der Waals surface area contributed by atoms with Crippen LogP contribution in [0.5, 0.6) is 0 Å². The molecule has 1 unspecified atom stereocenters. The van der Waals surface area contributed by atoms with Crippen LogP contribution in [0.3, 0.4) is 0 Å². The van der Waals surface area contributed by atoms with E-state index in [9.17, 15) is 0 Å². The Bertz CT molecular complexity index is 166. The Balaban J connectivity index is 2.10. The van der Waals surface area contributed by atoms with Crippen LogP contribution in [0.1, 0.15) is 59.3 Å². The zero-order valence-corrected chi connectivity index (χ0v) is 10.7. The summed E-state index contributed by atoms with van der Waals surface area (Å²) in [6, 6.07) is 1.08. The average Bonchev–Trinajstić information content (AvgIpc) is 2.18. The molecule has 1 rings (SSSR count). The van der Waals surface area contributed by atoms with Crippen LogP contribution in [-0.4, -0.2) is 18.6 Å². The first-order valence-corrected chi connectivity index (χ1v) is 6.49. The lowest BCUT2D eigenvalue weighted by Crippen LogP contribution is -2.40. The van der Waals surface area contributed by atoms with Crippen molar-refractivity contribution in [3.05, 3.63) is 0 Å². The van der Waals surface area contributed by atoms with Crippen molar-refractivity contribution < 1.29 is 0 Å². The van der Waals surface area contributed by atoms with E-state index in [4.69, 9.17) is 5.73 Å². The molecule has 2 heteroatoms. The molecule has 0 spiro atoms. The summed E-state index contributed by atoms with van der Waals surface area (Å²) in [5.41, 5.74) is 6.37. The summed E-state index contributed by atoms with van der Waals surface area (Å²) in [5, 5.41) is 3.64. The Hall–Kier alpha value is -0.0800. The highest BCUT2D eigenvalue weighted by atomic mass is 14.9. The molecule has 3 N–H and O–H groups in total. The Labute approximate surface area is 95.0 Å². The summed E-state index contributed by atoms with van der Waals surface area (Å²) in [6.45, 7) is 7.75. The molecule has 0 bridgehead atoms. The highest BCUT2D eigenvalue weighted by Gasteiger charge is 2.20. The van der Waals surface area contributed by atoms with E-state index < -0.39 is 0 Å². The monoisotopic (exact) mass is 212 g/mol. The van der Waals surface area contributed by atoms with Gasteiger partial charge in [-0.25, -0.2) is 0 Å². The lowest BCUT2D eigenvalue weighted by molar-refractivity contribution is 0.291. The van der Waals surface area contributed by atoms with E-state index in [2.05, 4.69) is 26.1 Å². The fourth-order valence-electron chi connectivity index (χ4n) is 2.18. The lowest BCUT2D eigenvalue weighted by atomic mass is 9.85. The van der Waals surface area contributed by atoms with E-state index in [0.717, 1.165) is 19.0 Å². The highest BCUT2D eigenvalue weighted by molar-refractivity contribution is 4.79. The first-order valence-electron chi connectivity index (χ1n) is 6.49. The number of rotatable bonds is 4. The predicted octanol–water partition coefficient (Wildman–Crippen LogP) is 2.67. The van der Waals surface area contributed by atoms with Crippen LogP contribution in [-0.2, 0) is 0 Å². The van der Waals surface area contributed by atoms with Crippen LogP contribution < -0.4 is 11.1 Å². The molecule has 1 fully saturated rings. The van der Waals surface area contributed by atoms with E-state index >= 15 is 0 Å². The molecular weight excluding hydrogens is 184 g/mol. The number of nitrogens with two attached hydrogens (primary N) is 1. The van der Waals surface area contributed by atoms with Gasteiger partial charge >= 0.3 is 0 Å². The minimum absolute atomic E-state index is 0.244. The fourth-order valence-corrected chi connectivity index (χ4v) is 2.18. The molecule has 0 saturated heterocycles. The van der Waals surface area contributed by atoms with Gasteiger partial charge in [0.25, 0.3) is 0 Å². The molecule has 0 radical (unpaired) electrons. The highest BCUT2D eigenvalue weighted by Crippen LogP contribution is 2.20. The minimum atomic E-state index is 0.244. The van der Waals surface area contributed by atoms with Crippen LogP contribution in [0.15, 0.2) is 0 Å². The van der Waals surface area contributed by atoms with Crippen molar-refractivity contribution in [3.63, 3.8) is 0 Å². The molecule has 1 atom stereocenters. The molecule has 1 saturated carbocycles. The fraction of sp³-hybridized carbons (Fsp3) is 1.00. The summed E-state index contributed by atoms with van der Waals surface area (Å²) in [5.74, 6) is 0. The molecular formula is C13H28N2. The van der Waals surface area contributed by atoms with Crippen LogP contribution in [0.2, 0.25) is 0 Å². The van der Waals surface area contributed by atoms with Crippen molar-refractivity contribution in [3.8, 4) is 0 Å². The minimum Gasteiger partial charge on any atom is -0.327 e. The van der Waals surface area contributed by atoms with Gasteiger partial charge in [-0.05, 0) is 31.2 Å². The molecule has 0 amide bonds. The first kappa shape index (κ1) is 13.0. The Morgan fingerprint density at radius 2 is 1.80 bits per heavy atom. The van der Waals surface area contributed by atoms with E-state index in [1.165, 1.54) is 32.1 Å². The van der Waals surface area contributed by atoms with Crippen molar-refractivity contribution >= 4 is 0 Å². The molecule has 90 valence electrons. The summed E-state index contributed by atoms with van der Waals surface area (Å²) in [6.07, 6.45) is 8.07. The molecule has 0 aromatic heterocycles. The van der Waals surface area contributed by atoms with E-state index in [1.807, 2.05) is 0 Å². The maximum atomic E-state index is 6.13. The van der Waals surface area contributed by atoms with Gasteiger partial charge in [0.2, 0.25) is 0 Å². The number of nitrogens with one attached hydrogen (secondary N) is 1. The largest absolute Gasteiger partial charge is 0.327 e. The van der Waals surface area contributed by atoms with Crippen molar-refractivity contribution in [1.82, 2.24) is 5.32 Å². The van der Waals surface area contributed by atoms with E-state index in [-0.39, 0.29) is 5.41 Å². The van der Waals surface area contributed by atoms with E-state index in [0.29, 0.717) is 6.04 Å². The van der Waals surface area contributed by atoms with Gasteiger partial charge < -0.3 is 11.1 Å².